The number of thiophene rings is 1. The van der Waals surface area contributed by atoms with Crippen molar-refractivity contribution in [2.75, 3.05) is 7.05 Å². The van der Waals surface area contributed by atoms with E-state index < -0.39 is 0 Å². The minimum atomic E-state index is -0.182. The van der Waals surface area contributed by atoms with Gasteiger partial charge in [0.1, 0.15) is 22.6 Å². The second kappa shape index (κ2) is 6.10. The SMILES string of the molecule is CN(Cc1nc2ccsc2c(=O)[nH]1)C(=O)Cn1nnc2ccccc21. The largest absolute Gasteiger partial charge is 0.337 e. The Morgan fingerprint density at radius 2 is 2.12 bits per heavy atom. The van der Waals surface area contributed by atoms with E-state index in [-0.39, 0.29) is 24.6 Å². The highest BCUT2D eigenvalue weighted by Crippen LogP contribution is 2.14. The van der Waals surface area contributed by atoms with Crippen LogP contribution >= 0.6 is 11.3 Å². The first-order chi connectivity index (χ1) is 12.1. The van der Waals surface area contributed by atoms with Crippen LogP contribution in [-0.2, 0) is 17.9 Å². The van der Waals surface area contributed by atoms with Gasteiger partial charge >= 0.3 is 0 Å². The molecule has 0 aliphatic rings. The summed E-state index contributed by atoms with van der Waals surface area (Å²) in [6, 6.07) is 9.25. The number of H-pyrrole nitrogens is 1. The molecule has 3 aromatic heterocycles. The quantitative estimate of drug-likeness (QED) is 0.597. The lowest BCUT2D eigenvalue weighted by atomic mass is 10.3. The zero-order chi connectivity index (χ0) is 17.4. The highest BCUT2D eigenvalue weighted by molar-refractivity contribution is 7.17. The van der Waals surface area contributed by atoms with E-state index in [0.29, 0.717) is 16.0 Å². The fraction of sp³-hybridized carbons (Fsp3) is 0.188. The number of aromatic nitrogens is 5. The number of amides is 1. The third-order valence-corrected chi connectivity index (χ3v) is 4.78. The normalized spacial score (nSPS) is 11.2. The van der Waals surface area contributed by atoms with Crippen molar-refractivity contribution >= 4 is 38.5 Å². The molecule has 1 amide bonds. The molecular formula is C16H14N6O2S. The molecule has 0 saturated carbocycles. The molecule has 0 saturated heterocycles. The van der Waals surface area contributed by atoms with Gasteiger partial charge in [-0.05, 0) is 23.6 Å². The summed E-state index contributed by atoms with van der Waals surface area (Å²) in [6.45, 7) is 0.286. The molecule has 4 aromatic rings. The van der Waals surface area contributed by atoms with Gasteiger partial charge in [0, 0.05) is 7.05 Å². The molecule has 3 heterocycles. The first-order valence-electron chi connectivity index (χ1n) is 7.60. The Balaban J connectivity index is 1.52. The number of carbonyl (C=O) groups excluding carboxylic acids is 1. The summed E-state index contributed by atoms with van der Waals surface area (Å²) in [5.74, 6) is 0.305. The first-order valence-corrected chi connectivity index (χ1v) is 8.48. The van der Waals surface area contributed by atoms with Crippen molar-refractivity contribution < 1.29 is 4.79 Å². The molecule has 8 nitrogen and oxygen atoms in total. The topological polar surface area (TPSA) is 96.8 Å². The van der Waals surface area contributed by atoms with Crippen molar-refractivity contribution in [2.24, 2.45) is 0 Å². The maximum Gasteiger partial charge on any atom is 0.268 e. The molecule has 0 unspecified atom stereocenters. The number of aromatic amines is 1. The molecule has 0 fully saturated rings. The third kappa shape index (κ3) is 2.89. The van der Waals surface area contributed by atoms with Crippen LogP contribution < -0.4 is 5.56 Å². The van der Waals surface area contributed by atoms with Gasteiger partial charge in [-0.25, -0.2) is 9.67 Å². The van der Waals surface area contributed by atoms with Crippen LogP contribution in [0.1, 0.15) is 5.82 Å². The van der Waals surface area contributed by atoms with Crippen LogP contribution in [0.15, 0.2) is 40.5 Å². The Kier molecular flexibility index (Phi) is 3.77. The standard InChI is InChI=1S/C16H14N6O2S/c1-21(8-13-17-11-6-7-25-15(11)16(24)18-13)14(23)9-22-12-5-3-2-4-10(12)19-20-22/h2-7H,8-9H2,1H3,(H,17,18,24). The second-order valence-corrected chi connectivity index (χ2v) is 6.55. The number of hydrogen-bond acceptors (Lipinski definition) is 6. The number of nitrogens with one attached hydrogen (secondary N) is 1. The maximum atomic E-state index is 12.5. The van der Waals surface area contributed by atoms with Crippen molar-refractivity contribution in [3.8, 4) is 0 Å². The molecule has 4 rings (SSSR count). The Morgan fingerprint density at radius 3 is 3.00 bits per heavy atom. The number of rotatable bonds is 4. The van der Waals surface area contributed by atoms with Gasteiger partial charge in [0.05, 0.1) is 17.6 Å². The molecule has 1 N–H and O–H groups in total. The van der Waals surface area contributed by atoms with Gasteiger partial charge in [-0.3, -0.25) is 9.59 Å². The summed E-state index contributed by atoms with van der Waals surface area (Å²) in [6.07, 6.45) is 0. The van der Waals surface area contributed by atoms with Crippen LogP contribution in [0.25, 0.3) is 21.3 Å². The highest BCUT2D eigenvalue weighted by Gasteiger charge is 2.15. The minimum Gasteiger partial charge on any atom is -0.337 e. The van der Waals surface area contributed by atoms with Gasteiger partial charge in [0.25, 0.3) is 5.56 Å². The molecular weight excluding hydrogens is 340 g/mol. The summed E-state index contributed by atoms with van der Waals surface area (Å²) in [4.78, 5) is 33.1. The zero-order valence-corrected chi connectivity index (χ0v) is 14.2. The molecule has 0 spiro atoms. The molecule has 25 heavy (non-hydrogen) atoms. The number of likely N-dealkylation sites (N-methyl/N-ethyl adjacent to an activating group) is 1. The molecule has 0 radical (unpaired) electrons. The van der Waals surface area contributed by atoms with Gasteiger partial charge < -0.3 is 9.88 Å². The van der Waals surface area contributed by atoms with Crippen molar-refractivity contribution in [3.05, 3.63) is 51.9 Å². The smallest absolute Gasteiger partial charge is 0.268 e. The van der Waals surface area contributed by atoms with E-state index in [1.165, 1.54) is 16.2 Å². The average molecular weight is 354 g/mol. The fourth-order valence-electron chi connectivity index (χ4n) is 2.59. The molecule has 126 valence electrons. The van der Waals surface area contributed by atoms with Crippen molar-refractivity contribution in [3.63, 3.8) is 0 Å². The van der Waals surface area contributed by atoms with Crippen molar-refractivity contribution in [1.82, 2.24) is 29.9 Å². The number of carbonyl (C=O) groups is 1. The summed E-state index contributed by atoms with van der Waals surface area (Å²) in [5, 5.41) is 9.88. The number of fused-ring (bicyclic) bond motifs is 2. The molecule has 1 aromatic carbocycles. The third-order valence-electron chi connectivity index (χ3n) is 3.88. The van der Waals surface area contributed by atoms with Crippen molar-refractivity contribution in [2.45, 2.75) is 13.1 Å². The van der Waals surface area contributed by atoms with Gasteiger partial charge in [0.2, 0.25) is 5.91 Å². The Hall–Kier alpha value is -3.07. The van der Waals surface area contributed by atoms with Gasteiger partial charge in [0.15, 0.2) is 0 Å². The van der Waals surface area contributed by atoms with Crippen LogP contribution in [-0.4, -0.2) is 42.8 Å². The fourth-order valence-corrected chi connectivity index (χ4v) is 3.32. The predicted octanol–water partition coefficient (Wildman–Crippen LogP) is 1.39. The summed E-state index contributed by atoms with van der Waals surface area (Å²) in [7, 11) is 1.67. The van der Waals surface area contributed by atoms with E-state index in [0.717, 1.165) is 11.0 Å². The van der Waals surface area contributed by atoms with Gasteiger partial charge in [-0.1, -0.05) is 17.3 Å². The predicted molar refractivity (Wildman–Crippen MR) is 94.2 cm³/mol. The summed E-state index contributed by atoms with van der Waals surface area (Å²) < 4.78 is 2.15. The molecule has 0 aliphatic heterocycles. The van der Waals surface area contributed by atoms with Gasteiger partial charge in [-0.2, -0.15) is 0 Å². The maximum absolute atomic E-state index is 12.5. The average Bonchev–Trinajstić information content (AvgIpc) is 3.22. The van der Waals surface area contributed by atoms with Crippen LogP contribution in [0.3, 0.4) is 0 Å². The minimum absolute atomic E-state index is 0.0714. The Labute approximate surface area is 145 Å². The highest BCUT2D eigenvalue weighted by atomic mass is 32.1. The van der Waals surface area contributed by atoms with E-state index in [2.05, 4.69) is 20.3 Å². The molecule has 0 aliphatic carbocycles. The van der Waals surface area contributed by atoms with Crippen LogP contribution in [0.5, 0.6) is 0 Å². The van der Waals surface area contributed by atoms with Crippen molar-refractivity contribution in [1.29, 1.82) is 0 Å². The van der Waals surface area contributed by atoms with E-state index in [1.54, 1.807) is 17.8 Å². The van der Waals surface area contributed by atoms with E-state index in [9.17, 15) is 9.59 Å². The lowest BCUT2D eigenvalue weighted by Crippen LogP contribution is -2.31. The Morgan fingerprint density at radius 1 is 1.28 bits per heavy atom. The molecule has 0 bridgehead atoms. The van der Waals surface area contributed by atoms with E-state index >= 15 is 0 Å². The van der Waals surface area contributed by atoms with E-state index in [4.69, 9.17) is 0 Å². The second-order valence-electron chi connectivity index (χ2n) is 5.63. The number of benzene rings is 1. The van der Waals surface area contributed by atoms with Crippen LogP contribution in [0.2, 0.25) is 0 Å². The zero-order valence-electron chi connectivity index (χ0n) is 13.3. The van der Waals surface area contributed by atoms with Gasteiger partial charge in [-0.15, -0.1) is 16.4 Å². The lowest BCUT2D eigenvalue weighted by Gasteiger charge is -2.16. The monoisotopic (exact) mass is 354 g/mol. The van der Waals surface area contributed by atoms with Crippen LogP contribution in [0, 0.1) is 0 Å². The first kappa shape index (κ1) is 15.5. The Bertz CT molecular complexity index is 1130. The summed E-state index contributed by atoms with van der Waals surface area (Å²) in [5.41, 5.74) is 2.01. The summed E-state index contributed by atoms with van der Waals surface area (Å²) >= 11 is 1.35. The number of para-hydroxylation sites is 1. The molecule has 0 atom stereocenters. The van der Waals surface area contributed by atoms with Crippen LogP contribution in [0.4, 0.5) is 0 Å². The van der Waals surface area contributed by atoms with E-state index in [1.807, 2.05) is 29.6 Å². The lowest BCUT2D eigenvalue weighted by molar-refractivity contribution is -0.131. The molecule has 9 heteroatoms. The number of nitrogens with zero attached hydrogens (tertiary/aromatic N) is 5. The number of hydrogen-bond donors (Lipinski definition) is 1.